The van der Waals surface area contributed by atoms with Crippen LogP contribution in [0.3, 0.4) is 0 Å². The lowest BCUT2D eigenvalue weighted by molar-refractivity contribution is 0.173. The number of hydrogen-bond acceptors (Lipinski definition) is 4. The molecule has 160 valence electrons. The van der Waals surface area contributed by atoms with E-state index < -0.39 is 6.10 Å². The van der Waals surface area contributed by atoms with Gasteiger partial charge in [-0.15, -0.1) is 0 Å². The van der Waals surface area contributed by atoms with Gasteiger partial charge in [0.1, 0.15) is 5.76 Å². The minimum atomic E-state index is -0.449. The first-order valence-electron chi connectivity index (χ1n) is 10.1. The summed E-state index contributed by atoms with van der Waals surface area (Å²) in [6.45, 7) is 13.5. The van der Waals surface area contributed by atoms with Gasteiger partial charge in [0.15, 0.2) is 5.43 Å². The first kappa shape index (κ1) is 24.7. The van der Waals surface area contributed by atoms with E-state index in [2.05, 4.69) is 25.2 Å². The Morgan fingerprint density at radius 2 is 1.86 bits per heavy atom. The monoisotopic (exact) mass is 400 g/mol. The summed E-state index contributed by atoms with van der Waals surface area (Å²) < 4.78 is 10.8. The van der Waals surface area contributed by atoms with Gasteiger partial charge in [0.25, 0.3) is 5.95 Å². The summed E-state index contributed by atoms with van der Waals surface area (Å²) in [5.41, 5.74) is 3.14. The Labute approximate surface area is 175 Å². The standard InChI is InChI=1S/C25H36O4/c1-9-18(4)23(26)19(5)15-17(3)12-10-11-16(2)13-14-22-20(6)24(27)21(7)25(28-8)29-22/h9-10,12-16,19,23,26H,11H2,1-8H3. The van der Waals surface area contributed by atoms with Gasteiger partial charge < -0.3 is 14.3 Å². The fourth-order valence-electron chi connectivity index (χ4n) is 3.04. The highest BCUT2D eigenvalue weighted by Gasteiger charge is 2.13. The lowest BCUT2D eigenvalue weighted by Crippen LogP contribution is -2.17. The molecule has 1 heterocycles. The van der Waals surface area contributed by atoms with Crippen molar-refractivity contribution in [2.24, 2.45) is 11.8 Å². The number of aliphatic hydroxyl groups is 1. The lowest BCUT2D eigenvalue weighted by atomic mass is 9.96. The van der Waals surface area contributed by atoms with Crippen molar-refractivity contribution in [1.29, 1.82) is 0 Å². The van der Waals surface area contributed by atoms with E-state index in [0.717, 1.165) is 17.6 Å². The molecule has 4 heteroatoms. The third kappa shape index (κ3) is 7.21. The Morgan fingerprint density at radius 1 is 1.21 bits per heavy atom. The summed E-state index contributed by atoms with van der Waals surface area (Å²) in [4.78, 5) is 12.2. The molecule has 3 unspecified atom stereocenters. The van der Waals surface area contributed by atoms with Crippen LogP contribution in [0.25, 0.3) is 6.08 Å². The molecular formula is C25H36O4. The van der Waals surface area contributed by atoms with Gasteiger partial charge in [-0.1, -0.05) is 49.8 Å². The molecule has 1 aromatic rings. The van der Waals surface area contributed by atoms with Crippen LogP contribution in [0.15, 0.2) is 50.7 Å². The molecule has 0 fully saturated rings. The van der Waals surface area contributed by atoms with Crippen molar-refractivity contribution in [3.05, 3.63) is 68.6 Å². The van der Waals surface area contributed by atoms with Gasteiger partial charge in [0.05, 0.1) is 18.8 Å². The molecule has 0 radical (unpaired) electrons. The summed E-state index contributed by atoms with van der Waals surface area (Å²) in [6.07, 6.45) is 12.5. The first-order chi connectivity index (χ1) is 13.6. The number of aliphatic hydroxyl groups excluding tert-OH is 1. The van der Waals surface area contributed by atoms with Crippen molar-refractivity contribution in [2.45, 2.75) is 61.0 Å². The maximum absolute atomic E-state index is 12.2. The Balaban J connectivity index is 2.76. The topological polar surface area (TPSA) is 59.7 Å². The zero-order valence-electron chi connectivity index (χ0n) is 19.1. The highest BCUT2D eigenvalue weighted by molar-refractivity contribution is 5.49. The lowest BCUT2D eigenvalue weighted by Gasteiger charge is -2.16. The predicted molar refractivity (Wildman–Crippen MR) is 121 cm³/mol. The van der Waals surface area contributed by atoms with Crippen LogP contribution in [0.4, 0.5) is 0 Å². The Kier molecular flexibility index (Phi) is 9.90. The second kappa shape index (κ2) is 11.6. The molecule has 29 heavy (non-hydrogen) atoms. The highest BCUT2D eigenvalue weighted by Crippen LogP contribution is 2.21. The van der Waals surface area contributed by atoms with E-state index in [0.29, 0.717) is 16.9 Å². The van der Waals surface area contributed by atoms with E-state index in [9.17, 15) is 9.90 Å². The summed E-state index contributed by atoms with van der Waals surface area (Å²) in [5.74, 6) is 1.14. The molecule has 0 spiro atoms. The molecule has 0 saturated carbocycles. The average Bonchev–Trinajstić information content (AvgIpc) is 2.70. The quantitative estimate of drug-likeness (QED) is 0.422. The Morgan fingerprint density at radius 3 is 2.45 bits per heavy atom. The van der Waals surface area contributed by atoms with Gasteiger partial charge >= 0.3 is 0 Å². The summed E-state index contributed by atoms with van der Waals surface area (Å²) >= 11 is 0. The van der Waals surface area contributed by atoms with Crippen molar-refractivity contribution in [2.75, 3.05) is 7.11 Å². The largest absolute Gasteiger partial charge is 0.468 e. The first-order valence-corrected chi connectivity index (χ1v) is 10.1. The summed E-state index contributed by atoms with van der Waals surface area (Å²) in [5, 5.41) is 10.2. The smallest absolute Gasteiger partial charge is 0.291 e. The molecule has 1 N–H and O–H groups in total. The zero-order chi connectivity index (χ0) is 22.1. The number of hydrogen-bond donors (Lipinski definition) is 1. The van der Waals surface area contributed by atoms with Gasteiger partial charge in [0.2, 0.25) is 0 Å². The second-order valence-electron chi connectivity index (χ2n) is 7.76. The van der Waals surface area contributed by atoms with E-state index >= 15 is 0 Å². The normalized spacial score (nSPS) is 16.4. The molecule has 0 saturated heterocycles. The molecule has 0 aliphatic heterocycles. The van der Waals surface area contributed by atoms with E-state index in [1.165, 1.54) is 7.11 Å². The maximum atomic E-state index is 12.2. The minimum Gasteiger partial charge on any atom is -0.468 e. The van der Waals surface area contributed by atoms with Gasteiger partial charge in [-0.2, -0.15) is 0 Å². The van der Waals surface area contributed by atoms with Crippen LogP contribution in [-0.2, 0) is 0 Å². The van der Waals surface area contributed by atoms with Gasteiger partial charge in [0, 0.05) is 11.5 Å². The van der Waals surface area contributed by atoms with Crippen LogP contribution in [0.1, 0.15) is 57.9 Å². The van der Waals surface area contributed by atoms with Crippen LogP contribution < -0.4 is 10.2 Å². The molecule has 1 aromatic heterocycles. The van der Waals surface area contributed by atoms with Crippen molar-refractivity contribution < 1.29 is 14.3 Å². The Hall–Kier alpha value is -2.33. The van der Waals surface area contributed by atoms with Gasteiger partial charge in [-0.3, -0.25) is 4.79 Å². The minimum absolute atomic E-state index is 0.0504. The van der Waals surface area contributed by atoms with Crippen LogP contribution in [-0.4, -0.2) is 18.3 Å². The van der Waals surface area contributed by atoms with Crippen molar-refractivity contribution >= 4 is 6.08 Å². The second-order valence-corrected chi connectivity index (χ2v) is 7.76. The van der Waals surface area contributed by atoms with Crippen LogP contribution in [0.2, 0.25) is 0 Å². The van der Waals surface area contributed by atoms with Crippen molar-refractivity contribution in [3.63, 3.8) is 0 Å². The predicted octanol–water partition coefficient (Wildman–Crippen LogP) is 5.77. The van der Waals surface area contributed by atoms with E-state index in [1.54, 1.807) is 13.8 Å². The number of allylic oxidation sites excluding steroid dienone is 5. The fourth-order valence-corrected chi connectivity index (χ4v) is 3.04. The summed E-state index contributed by atoms with van der Waals surface area (Å²) in [7, 11) is 1.50. The van der Waals surface area contributed by atoms with Gasteiger partial charge in [-0.25, -0.2) is 0 Å². The molecule has 0 aliphatic carbocycles. The fraction of sp³-hybridized carbons (Fsp3) is 0.480. The number of methoxy groups -OCH3 is 1. The zero-order valence-corrected chi connectivity index (χ0v) is 19.1. The van der Waals surface area contributed by atoms with Crippen LogP contribution >= 0.6 is 0 Å². The van der Waals surface area contributed by atoms with Gasteiger partial charge in [-0.05, 0) is 58.6 Å². The van der Waals surface area contributed by atoms with Crippen LogP contribution in [0.5, 0.6) is 5.95 Å². The molecule has 4 nitrogen and oxygen atoms in total. The van der Waals surface area contributed by atoms with Crippen molar-refractivity contribution in [1.82, 2.24) is 0 Å². The van der Waals surface area contributed by atoms with E-state index in [-0.39, 0.29) is 23.2 Å². The number of ether oxygens (including phenoxy) is 1. The maximum Gasteiger partial charge on any atom is 0.291 e. The van der Waals surface area contributed by atoms with Crippen molar-refractivity contribution in [3.8, 4) is 5.95 Å². The molecule has 0 bridgehead atoms. The van der Waals surface area contributed by atoms with E-state index in [4.69, 9.17) is 9.15 Å². The summed E-state index contributed by atoms with van der Waals surface area (Å²) in [6, 6.07) is 0. The average molecular weight is 401 g/mol. The third-order valence-electron chi connectivity index (χ3n) is 5.16. The third-order valence-corrected chi connectivity index (χ3v) is 5.16. The molecule has 1 rings (SSSR count). The highest BCUT2D eigenvalue weighted by atomic mass is 16.6. The molecule has 0 aromatic carbocycles. The number of rotatable bonds is 9. The SMILES string of the molecule is CC=C(C)C(O)C(C)C=C(C)C=CCC(C)C=Cc1oc(OC)c(C)c(=O)c1C. The molecule has 3 atom stereocenters. The Bertz CT molecular complexity index is 852. The van der Waals surface area contributed by atoms with E-state index in [1.807, 2.05) is 45.9 Å². The molecule has 0 aliphatic rings. The van der Waals surface area contributed by atoms with Crippen LogP contribution in [0, 0.1) is 25.7 Å². The molecule has 0 amide bonds. The molecular weight excluding hydrogens is 364 g/mol.